The van der Waals surface area contributed by atoms with Gasteiger partial charge in [-0.05, 0) is 13.8 Å². The molecule has 1 aliphatic rings. The Hall–Kier alpha value is -0.650. The Morgan fingerprint density at radius 2 is 2.38 bits per heavy atom. The predicted octanol–water partition coefficient (Wildman–Crippen LogP) is -0.406. The highest BCUT2D eigenvalue weighted by molar-refractivity contribution is 5.77. The lowest BCUT2D eigenvalue weighted by molar-refractivity contribution is -0.129. The highest BCUT2D eigenvalue weighted by Gasteiger charge is 2.39. The Morgan fingerprint density at radius 3 is 2.88 bits per heavy atom. The molecule has 1 heterocycles. The summed E-state index contributed by atoms with van der Waals surface area (Å²) in [6.45, 7) is 5.73. The zero-order valence-electron chi connectivity index (χ0n) is 10.3. The average molecular weight is 230 g/mol. The lowest BCUT2D eigenvalue weighted by Gasteiger charge is -2.26. The molecule has 0 spiro atoms. The third-order valence-electron chi connectivity index (χ3n) is 3.27. The number of amides is 1. The first kappa shape index (κ1) is 13.4. The smallest absolute Gasteiger partial charge is 0.236 e. The maximum atomic E-state index is 11.5. The van der Waals surface area contributed by atoms with E-state index in [0.717, 1.165) is 0 Å². The Morgan fingerprint density at radius 1 is 1.69 bits per heavy atom. The summed E-state index contributed by atoms with van der Waals surface area (Å²) in [6.07, 6.45) is 0.456. The van der Waals surface area contributed by atoms with E-state index in [1.165, 1.54) is 0 Å². The monoisotopic (exact) mass is 230 g/mol. The summed E-state index contributed by atoms with van der Waals surface area (Å²) >= 11 is 0. The molecule has 5 heteroatoms. The molecule has 2 atom stereocenters. The summed E-state index contributed by atoms with van der Waals surface area (Å²) in [5.74, 6) is 0.0395. The highest BCUT2D eigenvalue weighted by Crippen LogP contribution is 2.24. The summed E-state index contributed by atoms with van der Waals surface area (Å²) in [6, 6.07) is 0. The predicted molar refractivity (Wildman–Crippen MR) is 61.2 cm³/mol. The third-order valence-corrected chi connectivity index (χ3v) is 3.27. The van der Waals surface area contributed by atoms with Crippen LogP contribution in [-0.2, 0) is 9.53 Å². The molecule has 2 N–H and O–H groups in total. The van der Waals surface area contributed by atoms with E-state index in [1.54, 1.807) is 11.9 Å². The molecule has 16 heavy (non-hydrogen) atoms. The van der Waals surface area contributed by atoms with Crippen molar-refractivity contribution >= 4 is 5.91 Å². The summed E-state index contributed by atoms with van der Waals surface area (Å²) in [4.78, 5) is 13.1. The number of rotatable bonds is 5. The minimum Gasteiger partial charge on any atom is -0.386 e. The fraction of sp³-hybridized carbons (Fsp3) is 0.909. The summed E-state index contributed by atoms with van der Waals surface area (Å²) in [5, 5.41) is 13.1. The molecule has 1 rings (SSSR count). The van der Waals surface area contributed by atoms with Crippen LogP contribution < -0.4 is 5.32 Å². The number of likely N-dealkylation sites (N-methyl/N-ethyl adjacent to an activating group) is 1. The Bertz CT molecular complexity index is 247. The van der Waals surface area contributed by atoms with Crippen LogP contribution in [0.5, 0.6) is 0 Å². The Kier molecular flexibility index (Phi) is 4.70. The molecule has 0 aromatic heterocycles. The van der Waals surface area contributed by atoms with E-state index in [2.05, 4.69) is 5.32 Å². The van der Waals surface area contributed by atoms with Crippen LogP contribution in [0, 0.1) is 0 Å². The lowest BCUT2D eigenvalue weighted by atomic mass is 9.97. The van der Waals surface area contributed by atoms with Crippen LogP contribution in [0.15, 0.2) is 0 Å². The summed E-state index contributed by atoms with van der Waals surface area (Å²) in [7, 11) is 1.76. The molecule has 0 aromatic rings. The van der Waals surface area contributed by atoms with Gasteiger partial charge in [0.2, 0.25) is 5.91 Å². The van der Waals surface area contributed by atoms with Crippen molar-refractivity contribution in [2.24, 2.45) is 0 Å². The molecule has 0 radical (unpaired) electrons. The zero-order chi connectivity index (χ0) is 12.2. The van der Waals surface area contributed by atoms with Crippen LogP contribution >= 0.6 is 0 Å². The number of ether oxygens (including phenoxy) is 1. The van der Waals surface area contributed by atoms with Gasteiger partial charge in [-0.2, -0.15) is 0 Å². The first-order chi connectivity index (χ1) is 7.49. The quantitative estimate of drug-likeness (QED) is 0.674. The molecule has 94 valence electrons. The van der Waals surface area contributed by atoms with E-state index in [4.69, 9.17) is 4.74 Å². The maximum Gasteiger partial charge on any atom is 0.236 e. The van der Waals surface area contributed by atoms with Crippen LogP contribution in [0.25, 0.3) is 0 Å². The topological polar surface area (TPSA) is 61.8 Å². The zero-order valence-corrected chi connectivity index (χ0v) is 10.3. The second-order valence-electron chi connectivity index (χ2n) is 4.38. The van der Waals surface area contributed by atoms with Crippen molar-refractivity contribution in [3.05, 3.63) is 0 Å². The van der Waals surface area contributed by atoms with Crippen molar-refractivity contribution in [2.45, 2.75) is 32.0 Å². The molecule has 1 fully saturated rings. The van der Waals surface area contributed by atoms with Crippen LogP contribution in [0.2, 0.25) is 0 Å². The van der Waals surface area contributed by atoms with Gasteiger partial charge in [-0.1, -0.05) is 0 Å². The second kappa shape index (κ2) is 5.61. The Labute approximate surface area is 96.8 Å². The summed E-state index contributed by atoms with van der Waals surface area (Å²) in [5.41, 5.74) is -0.828. The van der Waals surface area contributed by atoms with E-state index >= 15 is 0 Å². The molecule has 1 amide bonds. The van der Waals surface area contributed by atoms with Crippen molar-refractivity contribution in [2.75, 3.05) is 33.3 Å². The first-order valence-corrected chi connectivity index (χ1v) is 5.78. The molecule has 5 nitrogen and oxygen atoms in total. The van der Waals surface area contributed by atoms with Gasteiger partial charge in [-0.3, -0.25) is 4.79 Å². The lowest BCUT2D eigenvalue weighted by Crippen LogP contribution is -2.48. The molecule has 0 aromatic carbocycles. The normalized spacial score (nSPS) is 29.4. The van der Waals surface area contributed by atoms with Crippen molar-refractivity contribution in [3.63, 3.8) is 0 Å². The number of hydrogen-bond donors (Lipinski definition) is 2. The van der Waals surface area contributed by atoms with Gasteiger partial charge in [-0.15, -0.1) is 0 Å². The van der Waals surface area contributed by atoms with E-state index < -0.39 is 5.60 Å². The van der Waals surface area contributed by atoms with Crippen LogP contribution in [-0.4, -0.2) is 60.9 Å². The minimum atomic E-state index is -0.828. The standard InChI is InChI=1S/C11H22N2O3/c1-4-13(3)10(14)7-12-8-11(15)5-6-16-9(11)2/h9,12,15H,4-8H2,1-3H3. The third kappa shape index (κ3) is 3.17. The van der Waals surface area contributed by atoms with Gasteiger partial charge in [0.15, 0.2) is 0 Å². The van der Waals surface area contributed by atoms with Crippen LogP contribution in [0.4, 0.5) is 0 Å². The Balaban J connectivity index is 2.27. The van der Waals surface area contributed by atoms with Gasteiger partial charge in [0.25, 0.3) is 0 Å². The van der Waals surface area contributed by atoms with Gasteiger partial charge >= 0.3 is 0 Å². The number of nitrogens with zero attached hydrogens (tertiary/aromatic N) is 1. The molecule has 1 aliphatic heterocycles. The fourth-order valence-corrected chi connectivity index (χ4v) is 1.70. The second-order valence-corrected chi connectivity index (χ2v) is 4.38. The largest absolute Gasteiger partial charge is 0.386 e. The molecule has 1 saturated heterocycles. The van der Waals surface area contributed by atoms with E-state index in [1.807, 2.05) is 13.8 Å². The summed E-state index contributed by atoms with van der Waals surface area (Å²) < 4.78 is 5.31. The van der Waals surface area contributed by atoms with Gasteiger partial charge in [0.1, 0.15) is 5.60 Å². The SMILES string of the molecule is CCN(C)C(=O)CNCC1(O)CCOC1C. The average Bonchev–Trinajstić information content (AvgIpc) is 2.58. The minimum absolute atomic E-state index is 0.0395. The van der Waals surface area contributed by atoms with E-state index in [0.29, 0.717) is 26.1 Å². The highest BCUT2D eigenvalue weighted by atomic mass is 16.5. The number of hydrogen-bond acceptors (Lipinski definition) is 4. The van der Waals surface area contributed by atoms with Crippen LogP contribution in [0.3, 0.4) is 0 Å². The van der Waals surface area contributed by atoms with Gasteiger partial charge < -0.3 is 20.1 Å². The van der Waals surface area contributed by atoms with Crippen LogP contribution in [0.1, 0.15) is 20.3 Å². The van der Waals surface area contributed by atoms with Crippen molar-refractivity contribution in [1.29, 1.82) is 0 Å². The van der Waals surface area contributed by atoms with Crippen molar-refractivity contribution in [3.8, 4) is 0 Å². The van der Waals surface area contributed by atoms with Gasteiger partial charge in [0.05, 0.1) is 12.6 Å². The first-order valence-electron chi connectivity index (χ1n) is 5.78. The van der Waals surface area contributed by atoms with E-state index in [-0.39, 0.29) is 18.6 Å². The molecule has 2 unspecified atom stereocenters. The van der Waals surface area contributed by atoms with E-state index in [9.17, 15) is 9.90 Å². The molecule has 0 saturated carbocycles. The molecule has 0 bridgehead atoms. The maximum absolute atomic E-state index is 11.5. The number of nitrogens with one attached hydrogen (secondary N) is 1. The van der Waals surface area contributed by atoms with Gasteiger partial charge in [0, 0.05) is 33.2 Å². The number of carbonyl (C=O) groups excluding carboxylic acids is 1. The number of aliphatic hydroxyl groups is 1. The molecule has 0 aliphatic carbocycles. The van der Waals surface area contributed by atoms with Gasteiger partial charge in [-0.25, -0.2) is 0 Å². The van der Waals surface area contributed by atoms with Crippen molar-refractivity contribution < 1.29 is 14.6 Å². The van der Waals surface area contributed by atoms with Crippen molar-refractivity contribution in [1.82, 2.24) is 10.2 Å². The molecular formula is C11H22N2O3. The molecular weight excluding hydrogens is 208 g/mol. The number of carbonyl (C=O) groups is 1. The fourth-order valence-electron chi connectivity index (χ4n) is 1.70.